The van der Waals surface area contributed by atoms with E-state index in [0.29, 0.717) is 28.1 Å². The van der Waals surface area contributed by atoms with Gasteiger partial charge in [0.05, 0.1) is 14.2 Å². The molecule has 0 bridgehead atoms. The molecule has 0 saturated heterocycles. The van der Waals surface area contributed by atoms with E-state index in [2.05, 4.69) is 15.2 Å². The summed E-state index contributed by atoms with van der Waals surface area (Å²) in [6.45, 7) is 0. The fraction of sp³-hybridized carbons (Fsp3) is 0.150. The largest absolute Gasteiger partial charge is 0.497 e. The van der Waals surface area contributed by atoms with Gasteiger partial charge >= 0.3 is 5.63 Å². The summed E-state index contributed by atoms with van der Waals surface area (Å²) in [6.07, 6.45) is 0. The first kappa shape index (κ1) is 18.1. The van der Waals surface area contributed by atoms with Crippen molar-refractivity contribution in [1.29, 1.82) is 0 Å². The van der Waals surface area contributed by atoms with Crippen molar-refractivity contribution in [3.05, 3.63) is 64.5 Å². The minimum Gasteiger partial charge on any atom is -0.497 e. The average molecular weight is 395 g/mol. The number of ether oxygens (including phenoxy) is 2. The number of aromatic nitrogens is 3. The monoisotopic (exact) mass is 395 g/mol. The first-order valence-electron chi connectivity index (χ1n) is 8.46. The normalized spacial score (nSPS) is 10.9. The summed E-state index contributed by atoms with van der Waals surface area (Å²) in [5, 5.41) is 8.65. The maximum absolute atomic E-state index is 11.9. The predicted molar refractivity (Wildman–Crippen MR) is 107 cm³/mol. The van der Waals surface area contributed by atoms with Crippen LogP contribution in [0.3, 0.4) is 0 Å². The van der Waals surface area contributed by atoms with Gasteiger partial charge in [-0.2, -0.15) is 0 Å². The van der Waals surface area contributed by atoms with Crippen molar-refractivity contribution in [2.24, 2.45) is 0 Å². The second-order valence-corrected chi connectivity index (χ2v) is 6.88. The number of nitrogens with zero attached hydrogens (tertiary/aromatic N) is 2. The summed E-state index contributed by atoms with van der Waals surface area (Å²) in [4.78, 5) is 16.4. The lowest BCUT2D eigenvalue weighted by atomic mass is 10.1. The zero-order valence-electron chi connectivity index (χ0n) is 15.3. The van der Waals surface area contributed by atoms with Gasteiger partial charge in [0.15, 0.2) is 5.82 Å². The number of hydrogen-bond acceptors (Lipinski definition) is 7. The molecule has 142 valence electrons. The van der Waals surface area contributed by atoms with E-state index in [1.807, 2.05) is 36.4 Å². The molecule has 28 heavy (non-hydrogen) atoms. The molecule has 0 spiro atoms. The molecule has 0 aliphatic rings. The number of methoxy groups -OCH3 is 2. The van der Waals surface area contributed by atoms with E-state index in [0.717, 1.165) is 22.3 Å². The Bertz CT molecular complexity index is 1170. The van der Waals surface area contributed by atoms with E-state index in [-0.39, 0.29) is 0 Å². The highest BCUT2D eigenvalue weighted by molar-refractivity contribution is 7.98. The summed E-state index contributed by atoms with van der Waals surface area (Å²) in [6, 6.07) is 14.5. The third-order valence-electron chi connectivity index (χ3n) is 4.22. The lowest BCUT2D eigenvalue weighted by molar-refractivity contribution is 0.414. The quantitative estimate of drug-likeness (QED) is 0.391. The van der Waals surface area contributed by atoms with Gasteiger partial charge in [-0.25, -0.2) is 9.78 Å². The topological polar surface area (TPSA) is 90.2 Å². The van der Waals surface area contributed by atoms with Crippen LogP contribution in [0.1, 0.15) is 5.56 Å². The van der Waals surface area contributed by atoms with E-state index < -0.39 is 5.63 Å². The van der Waals surface area contributed by atoms with Gasteiger partial charge in [0, 0.05) is 28.8 Å². The molecule has 0 radical (unpaired) electrons. The third kappa shape index (κ3) is 3.72. The van der Waals surface area contributed by atoms with Crippen molar-refractivity contribution >= 4 is 22.7 Å². The number of thioether (sulfide) groups is 1. The van der Waals surface area contributed by atoms with Crippen LogP contribution in [0.2, 0.25) is 0 Å². The maximum Gasteiger partial charge on any atom is 0.336 e. The molecule has 0 amide bonds. The average Bonchev–Trinajstić information content (AvgIpc) is 3.20. The molecule has 2 heterocycles. The van der Waals surface area contributed by atoms with Crippen molar-refractivity contribution in [2.45, 2.75) is 10.9 Å². The fourth-order valence-corrected chi connectivity index (χ4v) is 3.58. The smallest absolute Gasteiger partial charge is 0.336 e. The second-order valence-electron chi connectivity index (χ2n) is 5.94. The SMILES string of the molecule is COc1ccc(-c2nc(SCc3cc(=O)oc4cc(OC)ccc34)n[nH]2)cc1. The van der Waals surface area contributed by atoms with Crippen LogP contribution in [0.4, 0.5) is 0 Å². The first-order chi connectivity index (χ1) is 13.7. The van der Waals surface area contributed by atoms with E-state index in [9.17, 15) is 4.79 Å². The Kier molecular flexibility index (Phi) is 5.03. The first-order valence-corrected chi connectivity index (χ1v) is 9.45. The molecule has 7 nitrogen and oxygen atoms in total. The van der Waals surface area contributed by atoms with E-state index in [4.69, 9.17) is 13.9 Å². The van der Waals surface area contributed by atoms with Crippen LogP contribution in [0.25, 0.3) is 22.4 Å². The Morgan fingerprint density at radius 3 is 2.54 bits per heavy atom. The number of nitrogens with one attached hydrogen (secondary N) is 1. The summed E-state index contributed by atoms with van der Waals surface area (Å²) in [7, 11) is 3.20. The van der Waals surface area contributed by atoms with Crippen molar-refractivity contribution in [3.63, 3.8) is 0 Å². The van der Waals surface area contributed by atoms with Crippen LogP contribution in [0.5, 0.6) is 11.5 Å². The Morgan fingerprint density at radius 1 is 1.04 bits per heavy atom. The Balaban J connectivity index is 1.55. The molecule has 2 aromatic heterocycles. The van der Waals surface area contributed by atoms with Crippen LogP contribution in [-0.4, -0.2) is 29.4 Å². The standard InChI is InChI=1S/C20H17N3O4S/c1-25-14-5-3-12(4-6-14)19-21-20(23-22-19)28-11-13-9-18(24)27-17-10-15(26-2)7-8-16(13)17/h3-10H,11H2,1-2H3,(H,21,22,23). The van der Waals surface area contributed by atoms with Gasteiger partial charge in [-0.3, -0.25) is 5.10 Å². The van der Waals surface area contributed by atoms with Crippen molar-refractivity contribution in [3.8, 4) is 22.9 Å². The van der Waals surface area contributed by atoms with Crippen LogP contribution in [-0.2, 0) is 5.75 Å². The molecule has 4 aromatic rings. The van der Waals surface area contributed by atoms with Crippen molar-refractivity contribution in [1.82, 2.24) is 15.2 Å². The Morgan fingerprint density at radius 2 is 1.79 bits per heavy atom. The van der Waals surface area contributed by atoms with Crippen LogP contribution >= 0.6 is 11.8 Å². The molecule has 4 rings (SSSR count). The van der Waals surface area contributed by atoms with Crippen LogP contribution in [0, 0.1) is 0 Å². The fourth-order valence-electron chi connectivity index (χ4n) is 2.79. The Labute approximate surface area is 164 Å². The molecule has 1 N–H and O–H groups in total. The number of aromatic amines is 1. The summed E-state index contributed by atoms with van der Waals surface area (Å²) >= 11 is 1.44. The second kappa shape index (κ2) is 7.77. The van der Waals surface area contributed by atoms with Crippen LogP contribution < -0.4 is 15.1 Å². The third-order valence-corrected chi connectivity index (χ3v) is 5.12. The molecule has 0 fully saturated rings. The highest BCUT2D eigenvalue weighted by Crippen LogP contribution is 2.28. The van der Waals surface area contributed by atoms with E-state index >= 15 is 0 Å². The van der Waals surface area contributed by atoms with Gasteiger partial charge in [0.1, 0.15) is 17.1 Å². The van der Waals surface area contributed by atoms with Gasteiger partial charge in [0.25, 0.3) is 0 Å². The number of rotatable bonds is 6. The number of benzene rings is 2. The molecule has 0 unspecified atom stereocenters. The number of H-pyrrole nitrogens is 1. The van der Waals surface area contributed by atoms with Gasteiger partial charge in [-0.05, 0) is 42.0 Å². The summed E-state index contributed by atoms with van der Waals surface area (Å²) in [5.41, 5.74) is 1.87. The molecule has 8 heteroatoms. The number of hydrogen-bond donors (Lipinski definition) is 1. The molecule has 0 aliphatic carbocycles. The molecule has 2 aromatic carbocycles. The molecule has 0 saturated carbocycles. The zero-order valence-corrected chi connectivity index (χ0v) is 16.1. The Hall–Kier alpha value is -3.26. The molecular formula is C20H17N3O4S. The molecular weight excluding hydrogens is 378 g/mol. The van der Waals surface area contributed by atoms with Gasteiger partial charge in [0.2, 0.25) is 5.16 Å². The minimum atomic E-state index is -0.398. The van der Waals surface area contributed by atoms with Crippen LogP contribution in [0.15, 0.2) is 62.9 Å². The van der Waals surface area contributed by atoms with Gasteiger partial charge in [-0.15, -0.1) is 5.10 Å². The zero-order chi connectivity index (χ0) is 19.5. The van der Waals surface area contributed by atoms with E-state index in [1.54, 1.807) is 20.3 Å². The highest BCUT2D eigenvalue weighted by atomic mass is 32.2. The van der Waals surface area contributed by atoms with Crippen molar-refractivity contribution < 1.29 is 13.9 Å². The predicted octanol–water partition coefficient (Wildman–Crippen LogP) is 3.89. The maximum atomic E-state index is 11.9. The summed E-state index contributed by atoms with van der Waals surface area (Å²) < 4.78 is 15.6. The summed E-state index contributed by atoms with van der Waals surface area (Å²) in [5.74, 6) is 2.63. The van der Waals surface area contributed by atoms with Gasteiger partial charge < -0.3 is 13.9 Å². The lowest BCUT2D eigenvalue weighted by Gasteiger charge is -2.05. The van der Waals surface area contributed by atoms with Crippen molar-refractivity contribution in [2.75, 3.05) is 14.2 Å². The van der Waals surface area contributed by atoms with E-state index in [1.165, 1.54) is 17.8 Å². The lowest BCUT2D eigenvalue weighted by Crippen LogP contribution is -2.00. The van der Waals surface area contributed by atoms with Gasteiger partial charge in [-0.1, -0.05) is 11.8 Å². The minimum absolute atomic E-state index is 0.398. The number of fused-ring (bicyclic) bond motifs is 1. The molecule has 0 aliphatic heterocycles. The highest BCUT2D eigenvalue weighted by Gasteiger charge is 2.11. The molecule has 0 atom stereocenters.